The van der Waals surface area contributed by atoms with Gasteiger partial charge in [0.2, 0.25) is 11.8 Å². The molecule has 0 aromatic heterocycles. The van der Waals surface area contributed by atoms with Gasteiger partial charge in [0.05, 0.1) is 47.6 Å². The minimum atomic E-state index is -0.950. The van der Waals surface area contributed by atoms with Crippen molar-refractivity contribution in [2.75, 3.05) is 13.1 Å². The molecule has 0 saturated carbocycles. The van der Waals surface area contributed by atoms with Crippen molar-refractivity contribution in [3.63, 3.8) is 0 Å². The second-order valence-corrected chi connectivity index (χ2v) is 14.4. The molecule has 2 amide bonds. The number of hydrogen-bond donors (Lipinski definition) is 6. The van der Waals surface area contributed by atoms with Gasteiger partial charge in [-0.15, -0.1) is 0 Å². The summed E-state index contributed by atoms with van der Waals surface area (Å²) in [5, 5.41) is 56.5. The number of aromatic carboxylic acids is 2. The highest BCUT2D eigenvalue weighted by atomic mass is 16.4. The maximum atomic E-state index is 12.2. The second kappa shape index (κ2) is 22.8. The monoisotopic (exact) mass is 750 g/mol. The van der Waals surface area contributed by atoms with Gasteiger partial charge in [-0.2, -0.15) is 0 Å². The molecule has 2 aliphatic rings. The summed E-state index contributed by atoms with van der Waals surface area (Å²) in [6, 6.07) is 13.4. The maximum Gasteiger partial charge on any atom is 0.335 e. The summed E-state index contributed by atoms with van der Waals surface area (Å²) in [7, 11) is 0. The zero-order valence-electron chi connectivity index (χ0n) is 31.5. The molecule has 2 aromatic rings. The van der Waals surface area contributed by atoms with Gasteiger partial charge >= 0.3 is 11.9 Å². The van der Waals surface area contributed by atoms with E-state index in [1.54, 1.807) is 74.5 Å². The number of hydrogen-bond acceptors (Lipinski definition) is 8. The normalized spacial score (nSPS) is 19.6. The van der Waals surface area contributed by atoms with Gasteiger partial charge in [0, 0.05) is 25.9 Å². The van der Waals surface area contributed by atoms with Crippen molar-refractivity contribution < 1.29 is 49.8 Å². The van der Waals surface area contributed by atoms with Gasteiger partial charge in [-0.3, -0.25) is 9.59 Å². The first kappa shape index (κ1) is 44.0. The number of aliphatic hydroxyl groups excluding tert-OH is 4. The molecule has 0 bridgehead atoms. The number of amides is 2. The van der Waals surface area contributed by atoms with Crippen LogP contribution in [0.15, 0.2) is 72.8 Å². The Labute approximate surface area is 318 Å². The Morgan fingerprint density at radius 3 is 1.30 bits per heavy atom. The minimum Gasteiger partial charge on any atom is -0.478 e. The quantitative estimate of drug-likeness (QED) is 0.103. The lowest BCUT2D eigenvalue weighted by atomic mass is 10.1. The Hall–Kier alpha value is -4.36. The van der Waals surface area contributed by atoms with E-state index in [2.05, 4.69) is 0 Å². The van der Waals surface area contributed by atoms with Crippen LogP contribution in [0.5, 0.6) is 0 Å². The van der Waals surface area contributed by atoms with Crippen molar-refractivity contribution in [1.29, 1.82) is 0 Å². The van der Waals surface area contributed by atoms with Gasteiger partial charge in [0.1, 0.15) is 0 Å². The maximum absolute atomic E-state index is 12.2. The Kier molecular flexibility index (Phi) is 18.6. The van der Waals surface area contributed by atoms with Crippen LogP contribution in [-0.2, 0) is 22.4 Å². The first-order valence-corrected chi connectivity index (χ1v) is 19.1. The largest absolute Gasteiger partial charge is 0.478 e. The van der Waals surface area contributed by atoms with Crippen LogP contribution < -0.4 is 0 Å². The van der Waals surface area contributed by atoms with Crippen LogP contribution in [0, 0.1) is 0 Å². The summed E-state index contributed by atoms with van der Waals surface area (Å²) in [6.45, 7) is 4.61. The molecule has 6 N–H and O–H groups in total. The Morgan fingerprint density at radius 1 is 0.630 bits per heavy atom. The van der Waals surface area contributed by atoms with E-state index in [0.29, 0.717) is 64.5 Å². The molecule has 0 spiro atoms. The number of benzene rings is 2. The summed E-state index contributed by atoms with van der Waals surface area (Å²) >= 11 is 0. The molecular weight excluding hydrogens is 692 g/mol. The van der Waals surface area contributed by atoms with E-state index in [0.717, 1.165) is 36.8 Å². The predicted octanol–water partition coefficient (Wildman–Crippen LogP) is 4.77. The van der Waals surface area contributed by atoms with Gasteiger partial charge < -0.3 is 40.4 Å². The molecule has 6 atom stereocenters. The third kappa shape index (κ3) is 15.5. The van der Waals surface area contributed by atoms with Crippen molar-refractivity contribution in [2.24, 2.45) is 0 Å². The highest BCUT2D eigenvalue weighted by Gasteiger charge is 2.30. The molecule has 0 radical (unpaired) electrons. The molecule has 2 heterocycles. The fourth-order valence-electron chi connectivity index (χ4n) is 6.57. The fourth-order valence-corrected chi connectivity index (χ4v) is 6.57. The molecule has 12 nitrogen and oxygen atoms in total. The van der Waals surface area contributed by atoms with E-state index in [-0.39, 0.29) is 47.2 Å². The predicted molar refractivity (Wildman–Crippen MR) is 205 cm³/mol. The van der Waals surface area contributed by atoms with Gasteiger partial charge in [-0.1, -0.05) is 48.6 Å². The molecule has 4 rings (SSSR count). The molecule has 2 saturated heterocycles. The van der Waals surface area contributed by atoms with Crippen LogP contribution in [0.25, 0.3) is 0 Å². The number of carboxylic acid groups (broad SMARTS) is 2. The van der Waals surface area contributed by atoms with Crippen LogP contribution >= 0.6 is 0 Å². The van der Waals surface area contributed by atoms with Gasteiger partial charge in [-0.05, 0) is 113 Å². The SMILES string of the molecule is C[C@H](O)CCC[C@@H](O)/C=C/[C@H]1CCC(=O)N1CCc1ccc(C(=O)O)cc1.C[C@H](O)CCC[C@H](O)/C=C/[C@H]1CCC(=O)N1CCc1ccc(C(=O)O)cc1. The first-order valence-electron chi connectivity index (χ1n) is 19.1. The number of carbonyl (C=O) groups excluding carboxylic acids is 2. The fraction of sp³-hybridized carbons (Fsp3) is 0.524. The van der Waals surface area contributed by atoms with Crippen molar-refractivity contribution in [3.05, 3.63) is 95.1 Å². The zero-order chi connectivity index (χ0) is 39.6. The van der Waals surface area contributed by atoms with Crippen molar-refractivity contribution in [2.45, 2.75) is 127 Å². The van der Waals surface area contributed by atoms with Crippen molar-refractivity contribution in [1.82, 2.24) is 9.80 Å². The summed E-state index contributed by atoms with van der Waals surface area (Å²) in [4.78, 5) is 49.8. The molecule has 2 fully saturated rings. The molecule has 296 valence electrons. The van der Waals surface area contributed by atoms with E-state index in [4.69, 9.17) is 10.2 Å². The lowest BCUT2D eigenvalue weighted by Crippen LogP contribution is -2.33. The Bertz CT molecular complexity index is 1420. The number of carbonyl (C=O) groups is 4. The lowest BCUT2D eigenvalue weighted by molar-refractivity contribution is -0.129. The van der Waals surface area contributed by atoms with E-state index in [9.17, 15) is 39.6 Å². The van der Waals surface area contributed by atoms with Crippen molar-refractivity contribution >= 4 is 23.8 Å². The number of aliphatic hydroxyl groups is 4. The summed E-state index contributed by atoms with van der Waals surface area (Å²) in [5.74, 6) is -1.69. The first-order chi connectivity index (χ1) is 25.7. The molecule has 54 heavy (non-hydrogen) atoms. The molecule has 2 aromatic carbocycles. The molecular formula is C42H58N2O10. The van der Waals surface area contributed by atoms with E-state index in [1.165, 1.54) is 0 Å². The zero-order valence-corrected chi connectivity index (χ0v) is 31.5. The van der Waals surface area contributed by atoms with Gasteiger partial charge in [0.25, 0.3) is 0 Å². The van der Waals surface area contributed by atoms with E-state index < -0.39 is 24.1 Å². The molecule has 2 aliphatic heterocycles. The molecule has 0 aliphatic carbocycles. The smallest absolute Gasteiger partial charge is 0.335 e. The number of nitrogens with zero attached hydrogens (tertiary/aromatic N) is 2. The van der Waals surface area contributed by atoms with E-state index >= 15 is 0 Å². The molecule has 0 unspecified atom stereocenters. The molecule has 12 heteroatoms. The average Bonchev–Trinajstić information content (AvgIpc) is 3.67. The number of carboxylic acids is 2. The summed E-state index contributed by atoms with van der Waals surface area (Å²) in [5.41, 5.74) is 2.48. The third-order valence-electron chi connectivity index (χ3n) is 9.79. The van der Waals surface area contributed by atoms with Crippen molar-refractivity contribution in [3.8, 4) is 0 Å². The van der Waals surface area contributed by atoms with Crippen LogP contribution in [0.1, 0.15) is 110 Å². The summed E-state index contributed by atoms with van der Waals surface area (Å²) < 4.78 is 0. The standard InChI is InChI=1S/2C21H29NO5/c2*1-15(23)3-2-4-19(24)11-9-18-10-12-20(25)22(18)14-13-16-5-7-17(8-6-16)21(26)27/h2*5-9,11,15,18-19,23-24H,2-4,10,12-14H2,1H3,(H,26,27)/b2*11-9+/t15-,18-,19+;15-,18-,19-/m00/s1. The van der Waals surface area contributed by atoms with Gasteiger partial charge in [0.15, 0.2) is 0 Å². The van der Waals surface area contributed by atoms with Crippen LogP contribution in [0.3, 0.4) is 0 Å². The highest BCUT2D eigenvalue weighted by molar-refractivity contribution is 5.88. The number of likely N-dealkylation sites (tertiary alicyclic amines) is 2. The van der Waals surface area contributed by atoms with Crippen LogP contribution in [-0.4, -0.2) is 114 Å². The van der Waals surface area contributed by atoms with Crippen LogP contribution in [0.4, 0.5) is 0 Å². The summed E-state index contributed by atoms with van der Waals surface area (Å²) in [6.07, 6.45) is 13.3. The second-order valence-electron chi connectivity index (χ2n) is 14.4. The third-order valence-corrected chi connectivity index (χ3v) is 9.79. The van der Waals surface area contributed by atoms with E-state index in [1.807, 2.05) is 22.0 Å². The topological polar surface area (TPSA) is 196 Å². The van der Waals surface area contributed by atoms with Crippen LogP contribution in [0.2, 0.25) is 0 Å². The highest BCUT2D eigenvalue weighted by Crippen LogP contribution is 2.23. The van der Waals surface area contributed by atoms with Gasteiger partial charge in [-0.25, -0.2) is 9.59 Å². The number of rotatable bonds is 20. The minimum absolute atomic E-state index is 0.0118. The Morgan fingerprint density at radius 2 is 0.981 bits per heavy atom. The Balaban J connectivity index is 0.000000290. The lowest BCUT2D eigenvalue weighted by Gasteiger charge is -2.23. The average molecular weight is 751 g/mol.